The Hall–Kier alpha value is 0.137. The highest BCUT2D eigenvalue weighted by molar-refractivity contribution is 6.71. The molecular weight excluding hydrogens is 216 g/mol. The second-order valence-corrected chi connectivity index (χ2v) is 10.8. The molecule has 0 aromatic heterocycles. The van der Waals surface area contributed by atoms with Crippen LogP contribution in [-0.4, -0.2) is 25.1 Å². The second-order valence-electron chi connectivity index (χ2n) is 6.69. The molecule has 2 atom stereocenters. The van der Waals surface area contributed by atoms with Gasteiger partial charge in [-0.3, -0.25) is 0 Å². The molecule has 1 aliphatic carbocycles. The van der Waals surface area contributed by atoms with Crippen LogP contribution in [0.1, 0.15) is 45.4 Å². The van der Waals surface area contributed by atoms with Crippen molar-refractivity contribution in [3.8, 4) is 0 Å². The van der Waals surface area contributed by atoms with Crippen molar-refractivity contribution in [2.75, 3.05) is 0 Å². The second kappa shape index (κ2) is 4.43. The third-order valence-electron chi connectivity index (χ3n) is 4.09. The average Bonchev–Trinajstić information content (AvgIpc) is 2.14. The molecule has 16 heavy (non-hydrogen) atoms. The van der Waals surface area contributed by atoms with Crippen molar-refractivity contribution < 1.29 is 9.53 Å². The molecule has 0 radical (unpaired) electrons. The molecule has 1 heterocycles. The largest absolute Gasteiger partial charge is 0.414 e. The van der Waals surface area contributed by atoms with Crippen LogP contribution >= 0.6 is 0 Å². The summed E-state index contributed by atoms with van der Waals surface area (Å²) < 4.78 is 6.33. The molecule has 2 fully saturated rings. The molecule has 0 aromatic rings. The van der Waals surface area contributed by atoms with E-state index in [1.807, 2.05) is 6.92 Å². The van der Waals surface area contributed by atoms with Crippen molar-refractivity contribution in [1.82, 2.24) is 0 Å². The quantitative estimate of drug-likeness (QED) is 0.715. The number of rotatable bonds is 1. The van der Waals surface area contributed by atoms with Gasteiger partial charge >= 0.3 is 0 Å². The summed E-state index contributed by atoms with van der Waals surface area (Å²) in [7, 11) is -1.62. The monoisotopic (exact) mass is 242 g/mol. The summed E-state index contributed by atoms with van der Waals surface area (Å²) in [5.41, 5.74) is -0.476. The Bertz CT molecular complexity index is 228. The average molecular weight is 242 g/mol. The Kier molecular flexibility index (Phi) is 3.48. The van der Waals surface area contributed by atoms with Gasteiger partial charge in [-0.1, -0.05) is 19.3 Å². The van der Waals surface area contributed by atoms with Gasteiger partial charge in [-0.05, 0) is 44.8 Å². The first-order chi connectivity index (χ1) is 7.38. The first-order valence-corrected chi connectivity index (χ1v) is 9.90. The first kappa shape index (κ1) is 12.6. The summed E-state index contributed by atoms with van der Waals surface area (Å²) in [6.45, 7) is 6.49. The van der Waals surface area contributed by atoms with Crippen LogP contribution in [0.4, 0.5) is 0 Å². The van der Waals surface area contributed by atoms with Gasteiger partial charge in [0.15, 0.2) is 8.32 Å². The van der Waals surface area contributed by atoms with Gasteiger partial charge in [-0.2, -0.15) is 0 Å². The third kappa shape index (κ3) is 3.08. The zero-order chi connectivity index (χ0) is 11.8. The van der Waals surface area contributed by atoms with Gasteiger partial charge in [0.25, 0.3) is 0 Å². The summed E-state index contributed by atoms with van der Waals surface area (Å²) >= 11 is 0. The lowest BCUT2D eigenvalue weighted by Gasteiger charge is -2.46. The normalized spacial score (nSPS) is 40.9. The molecule has 2 nitrogen and oxygen atoms in total. The summed E-state index contributed by atoms with van der Waals surface area (Å²) in [6, 6.07) is 0.892. The highest BCUT2D eigenvalue weighted by Gasteiger charge is 2.44. The van der Waals surface area contributed by atoms with Crippen LogP contribution in [-0.2, 0) is 4.43 Å². The van der Waals surface area contributed by atoms with Crippen molar-refractivity contribution >= 4 is 8.32 Å². The van der Waals surface area contributed by atoms with E-state index >= 15 is 0 Å². The molecule has 0 aromatic carbocycles. The van der Waals surface area contributed by atoms with E-state index < -0.39 is 13.9 Å². The standard InChI is InChI=1S/C13H26O2Si/c1-13(14)9-12(15-16(2,3)10-13)11-7-5-4-6-8-11/h11-12,14H,4-10H2,1-3H3/t12-,13-/m1/s1. The number of hydrogen-bond donors (Lipinski definition) is 1. The molecule has 3 heteroatoms. The van der Waals surface area contributed by atoms with Gasteiger partial charge in [-0.15, -0.1) is 0 Å². The summed E-state index contributed by atoms with van der Waals surface area (Å²) in [5, 5.41) is 10.4. The zero-order valence-corrected chi connectivity index (χ0v) is 12.0. The van der Waals surface area contributed by atoms with Crippen molar-refractivity contribution in [3.05, 3.63) is 0 Å². The minimum absolute atomic E-state index is 0.339. The molecule has 0 amide bonds. The Morgan fingerprint density at radius 3 is 2.38 bits per heavy atom. The minimum Gasteiger partial charge on any atom is -0.414 e. The molecular formula is C13H26O2Si. The Balaban J connectivity index is 2.03. The molecule has 1 saturated carbocycles. The fourth-order valence-corrected chi connectivity index (χ4v) is 6.84. The maximum absolute atomic E-state index is 10.4. The highest BCUT2D eigenvalue weighted by Crippen LogP contribution is 2.40. The van der Waals surface area contributed by atoms with E-state index in [0.717, 1.165) is 12.5 Å². The Labute approximate surface area is 101 Å². The van der Waals surface area contributed by atoms with Crippen LogP contribution in [0, 0.1) is 5.92 Å². The molecule has 2 aliphatic rings. The van der Waals surface area contributed by atoms with Crippen LogP contribution in [0.5, 0.6) is 0 Å². The first-order valence-electron chi connectivity index (χ1n) is 6.78. The van der Waals surface area contributed by atoms with E-state index in [1.54, 1.807) is 0 Å². The fourth-order valence-electron chi connectivity index (χ4n) is 3.68. The summed E-state index contributed by atoms with van der Waals surface area (Å²) in [6.07, 6.45) is 7.92. The Morgan fingerprint density at radius 2 is 1.81 bits per heavy atom. The summed E-state index contributed by atoms with van der Waals surface area (Å²) in [5.74, 6) is 0.715. The third-order valence-corrected chi connectivity index (χ3v) is 6.65. The molecule has 0 unspecified atom stereocenters. The fraction of sp³-hybridized carbons (Fsp3) is 1.00. The number of aliphatic hydroxyl groups is 1. The molecule has 0 spiro atoms. The Morgan fingerprint density at radius 1 is 1.19 bits per heavy atom. The molecule has 1 aliphatic heterocycles. The molecule has 2 rings (SSSR count). The van der Waals surface area contributed by atoms with E-state index in [2.05, 4.69) is 13.1 Å². The van der Waals surface area contributed by atoms with Crippen molar-refractivity contribution in [3.63, 3.8) is 0 Å². The van der Waals surface area contributed by atoms with Gasteiger partial charge in [0.1, 0.15) is 0 Å². The van der Waals surface area contributed by atoms with Gasteiger partial charge in [-0.25, -0.2) is 0 Å². The van der Waals surface area contributed by atoms with E-state index in [9.17, 15) is 5.11 Å². The topological polar surface area (TPSA) is 29.5 Å². The molecule has 94 valence electrons. The predicted molar refractivity (Wildman–Crippen MR) is 69.0 cm³/mol. The van der Waals surface area contributed by atoms with Gasteiger partial charge < -0.3 is 9.53 Å². The van der Waals surface area contributed by atoms with Crippen LogP contribution in [0.3, 0.4) is 0 Å². The van der Waals surface area contributed by atoms with Gasteiger partial charge in [0.2, 0.25) is 0 Å². The van der Waals surface area contributed by atoms with Crippen LogP contribution in [0.25, 0.3) is 0 Å². The van der Waals surface area contributed by atoms with Crippen LogP contribution < -0.4 is 0 Å². The van der Waals surface area contributed by atoms with E-state index in [1.165, 1.54) is 32.1 Å². The van der Waals surface area contributed by atoms with E-state index in [-0.39, 0.29) is 0 Å². The summed E-state index contributed by atoms with van der Waals surface area (Å²) in [4.78, 5) is 0. The zero-order valence-electron chi connectivity index (χ0n) is 11.0. The smallest absolute Gasteiger partial charge is 0.189 e. The lowest BCUT2D eigenvalue weighted by molar-refractivity contribution is -0.0308. The van der Waals surface area contributed by atoms with E-state index in [0.29, 0.717) is 12.0 Å². The minimum atomic E-state index is -1.62. The predicted octanol–water partition coefficient (Wildman–Crippen LogP) is 3.31. The number of hydrogen-bond acceptors (Lipinski definition) is 2. The van der Waals surface area contributed by atoms with Crippen LogP contribution in [0.15, 0.2) is 0 Å². The molecule has 0 bridgehead atoms. The van der Waals surface area contributed by atoms with Crippen molar-refractivity contribution in [1.29, 1.82) is 0 Å². The van der Waals surface area contributed by atoms with E-state index in [4.69, 9.17) is 4.43 Å². The van der Waals surface area contributed by atoms with Crippen molar-refractivity contribution in [2.45, 2.75) is 76.3 Å². The maximum Gasteiger partial charge on any atom is 0.189 e. The van der Waals surface area contributed by atoms with Gasteiger partial charge in [0.05, 0.1) is 11.7 Å². The maximum atomic E-state index is 10.4. The van der Waals surface area contributed by atoms with Crippen LogP contribution in [0.2, 0.25) is 19.1 Å². The lowest BCUT2D eigenvalue weighted by Crippen LogP contribution is -2.53. The highest BCUT2D eigenvalue weighted by atomic mass is 28.4. The lowest BCUT2D eigenvalue weighted by atomic mass is 9.81. The SMILES string of the molecule is C[C@@]1(O)C[C@H](C2CCCCC2)O[Si](C)(C)C1. The molecule has 1 N–H and O–H groups in total. The molecule has 1 saturated heterocycles. The van der Waals surface area contributed by atoms with Crippen molar-refractivity contribution in [2.24, 2.45) is 5.92 Å². The van der Waals surface area contributed by atoms with Gasteiger partial charge in [0, 0.05) is 6.42 Å².